The van der Waals surface area contributed by atoms with E-state index in [0.717, 1.165) is 6.08 Å². The Labute approximate surface area is 90.2 Å². The summed E-state index contributed by atoms with van der Waals surface area (Å²) >= 11 is 0. The van der Waals surface area contributed by atoms with Gasteiger partial charge in [0.05, 0.1) is 11.6 Å². The van der Waals surface area contributed by atoms with Gasteiger partial charge in [0.1, 0.15) is 5.52 Å². The summed E-state index contributed by atoms with van der Waals surface area (Å²) in [7, 11) is 0. The molecule has 16 heavy (non-hydrogen) atoms. The minimum Gasteiger partial charge on any atom is -0.478 e. The maximum Gasteiger partial charge on any atom is 0.328 e. The van der Waals surface area contributed by atoms with Crippen LogP contribution in [0.1, 0.15) is 11.5 Å². The minimum absolute atomic E-state index is 0.201. The molecule has 0 saturated carbocycles. The van der Waals surface area contributed by atoms with Crippen LogP contribution in [0.3, 0.4) is 0 Å². The van der Waals surface area contributed by atoms with Crippen LogP contribution in [0.5, 0.6) is 0 Å². The summed E-state index contributed by atoms with van der Waals surface area (Å²) in [6.45, 7) is 0. The molecule has 2 aromatic rings. The van der Waals surface area contributed by atoms with Crippen LogP contribution < -0.4 is 0 Å². The van der Waals surface area contributed by atoms with E-state index in [1.165, 1.54) is 6.08 Å². The normalized spacial score (nSPS) is 10.7. The molecule has 0 spiro atoms. The lowest BCUT2D eigenvalue weighted by molar-refractivity contribution is -0.131. The van der Waals surface area contributed by atoms with Gasteiger partial charge in [0.15, 0.2) is 5.58 Å². The average molecular weight is 214 g/mol. The first-order valence-electron chi connectivity index (χ1n) is 4.41. The molecule has 0 atom stereocenters. The van der Waals surface area contributed by atoms with Crippen molar-refractivity contribution in [3.63, 3.8) is 0 Å². The number of oxazole rings is 1. The maximum absolute atomic E-state index is 10.3. The lowest BCUT2D eigenvalue weighted by Crippen LogP contribution is -1.85. The molecule has 2 rings (SSSR count). The van der Waals surface area contributed by atoms with E-state index < -0.39 is 5.97 Å². The van der Waals surface area contributed by atoms with Crippen molar-refractivity contribution in [1.82, 2.24) is 4.98 Å². The van der Waals surface area contributed by atoms with Crippen LogP contribution in [0.2, 0.25) is 0 Å². The molecule has 0 saturated heterocycles. The molecule has 0 fully saturated rings. The Morgan fingerprint density at radius 2 is 2.38 bits per heavy atom. The first kappa shape index (κ1) is 9.93. The number of fused-ring (bicyclic) bond motifs is 1. The number of nitriles is 1. The van der Waals surface area contributed by atoms with Crippen molar-refractivity contribution in [2.24, 2.45) is 0 Å². The van der Waals surface area contributed by atoms with Gasteiger partial charge in [-0.1, -0.05) is 0 Å². The van der Waals surface area contributed by atoms with Crippen molar-refractivity contribution < 1.29 is 14.3 Å². The molecule has 78 valence electrons. The van der Waals surface area contributed by atoms with Crippen LogP contribution in [-0.2, 0) is 4.79 Å². The van der Waals surface area contributed by atoms with Gasteiger partial charge in [-0.3, -0.25) is 0 Å². The lowest BCUT2D eigenvalue weighted by Gasteiger charge is -1.85. The van der Waals surface area contributed by atoms with E-state index in [9.17, 15) is 4.79 Å². The van der Waals surface area contributed by atoms with E-state index in [0.29, 0.717) is 16.7 Å². The lowest BCUT2D eigenvalue weighted by atomic mass is 10.2. The second-order valence-corrected chi connectivity index (χ2v) is 3.02. The smallest absolute Gasteiger partial charge is 0.328 e. The second-order valence-electron chi connectivity index (χ2n) is 3.02. The molecule has 0 aliphatic rings. The van der Waals surface area contributed by atoms with Crippen molar-refractivity contribution in [2.75, 3.05) is 0 Å². The van der Waals surface area contributed by atoms with Crippen molar-refractivity contribution >= 4 is 23.1 Å². The standard InChI is InChI=1S/C11H6N2O3/c12-6-7-1-2-8-9(5-7)16-10(13-8)3-4-11(14)15/h1-5H,(H,14,15)/b4-3+. The topological polar surface area (TPSA) is 87.1 Å². The number of carbonyl (C=O) groups is 1. The molecule has 0 unspecified atom stereocenters. The van der Waals surface area contributed by atoms with E-state index in [1.807, 2.05) is 6.07 Å². The van der Waals surface area contributed by atoms with E-state index >= 15 is 0 Å². The average Bonchev–Trinajstić information content (AvgIpc) is 2.67. The Morgan fingerprint density at radius 1 is 1.56 bits per heavy atom. The molecule has 0 aliphatic carbocycles. The quantitative estimate of drug-likeness (QED) is 0.770. The molecular formula is C11H6N2O3. The van der Waals surface area contributed by atoms with Crippen molar-refractivity contribution in [3.8, 4) is 6.07 Å². The van der Waals surface area contributed by atoms with Gasteiger partial charge in [0.2, 0.25) is 5.89 Å². The largest absolute Gasteiger partial charge is 0.478 e. The highest BCUT2D eigenvalue weighted by Crippen LogP contribution is 2.17. The van der Waals surface area contributed by atoms with Gasteiger partial charge in [-0.2, -0.15) is 5.26 Å². The molecule has 1 aromatic carbocycles. The predicted molar refractivity (Wildman–Crippen MR) is 55.4 cm³/mol. The Balaban J connectivity index is 2.45. The zero-order valence-electron chi connectivity index (χ0n) is 8.04. The van der Waals surface area contributed by atoms with Gasteiger partial charge in [0, 0.05) is 18.2 Å². The van der Waals surface area contributed by atoms with Gasteiger partial charge >= 0.3 is 5.97 Å². The molecule has 1 aromatic heterocycles. The number of aromatic nitrogens is 1. The zero-order valence-corrected chi connectivity index (χ0v) is 8.04. The predicted octanol–water partition coefficient (Wildman–Crippen LogP) is 1.80. The number of aliphatic carboxylic acids is 1. The van der Waals surface area contributed by atoms with Gasteiger partial charge in [-0.15, -0.1) is 0 Å². The number of rotatable bonds is 2. The summed E-state index contributed by atoms with van der Waals surface area (Å²) < 4.78 is 5.25. The highest BCUT2D eigenvalue weighted by molar-refractivity contribution is 5.85. The summed E-state index contributed by atoms with van der Waals surface area (Å²) in [4.78, 5) is 14.3. The molecule has 1 N–H and O–H groups in total. The molecule has 0 amide bonds. The Kier molecular flexibility index (Phi) is 2.40. The van der Waals surface area contributed by atoms with Gasteiger partial charge in [-0.05, 0) is 12.1 Å². The number of benzene rings is 1. The van der Waals surface area contributed by atoms with Gasteiger partial charge in [0.25, 0.3) is 0 Å². The zero-order chi connectivity index (χ0) is 11.5. The first-order valence-corrected chi connectivity index (χ1v) is 4.41. The fourth-order valence-corrected chi connectivity index (χ4v) is 1.23. The van der Waals surface area contributed by atoms with E-state index in [1.54, 1.807) is 18.2 Å². The van der Waals surface area contributed by atoms with E-state index in [-0.39, 0.29) is 5.89 Å². The molecule has 1 heterocycles. The summed E-state index contributed by atoms with van der Waals surface area (Å²) in [5, 5.41) is 17.1. The van der Waals surface area contributed by atoms with Crippen LogP contribution >= 0.6 is 0 Å². The SMILES string of the molecule is N#Cc1ccc2nc(/C=C/C(=O)O)oc2c1. The number of hydrogen-bond donors (Lipinski definition) is 1. The number of hydrogen-bond acceptors (Lipinski definition) is 4. The molecular weight excluding hydrogens is 208 g/mol. The third-order valence-corrected chi connectivity index (χ3v) is 1.90. The molecule has 0 bridgehead atoms. The van der Waals surface area contributed by atoms with E-state index in [4.69, 9.17) is 14.8 Å². The second kappa shape index (κ2) is 3.87. The Morgan fingerprint density at radius 3 is 3.06 bits per heavy atom. The van der Waals surface area contributed by atoms with Crippen LogP contribution in [0.25, 0.3) is 17.2 Å². The Hall–Kier alpha value is -2.61. The number of carboxylic acid groups (broad SMARTS) is 1. The van der Waals surface area contributed by atoms with Crippen molar-refractivity contribution in [1.29, 1.82) is 5.26 Å². The van der Waals surface area contributed by atoms with Gasteiger partial charge in [-0.25, -0.2) is 9.78 Å². The molecule has 5 heteroatoms. The highest BCUT2D eigenvalue weighted by Gasteiger charge is 2.04. The summed E-state index contributed by atoms with van der Waals surface area (Å²) in [6, 6.07) is 6.80. The summed E-state index contributed by atoms with van der Waals surface area (Å²) in [6.07, 6.45) is 2.20. The molecule has 0 aliphatic heterocycles. The summed E-state index contributed by atoms with van der Waals surface area (Å²) in [5.41, 5.74) is 1.52. The van der Waals surface area contributed by atoms with Crippen LogP contribution in [0, 0.1) is 11.3 Å². The first-order chi connectivity index (χ1) is 7.69. The van der Waals surface area contributed by atoms with Crippen LogP contribution in [0.4, 0.5) is 0 Å². The third kappa shape index (κ3) is 1.91. The van der Waals surface area contributed by atoms with Gasteiger partial charge < -0.3 is 9.52 Å². The highest BCUT2D eigenvalue weighted by atomic mass is 16.4. The van der Waals surface area contributed by atoms with Crippen LogP contribution in [-0.4, -0.2) is 16.1 Å². The number of carboxylic acids is 1. The molecule has 5 nitrogen and oxygen atoms in total. The molecule has 0 radical (unpaired) electrons. The Bertz CT molecular complexity index is 620. The van der Waals surface area contributed by atoms with E-state index in [2.05, 4.69) is 4.98 Å². The maximum atomic E-state index is 10.3. The monoisotopic (exact) mass is 214 g/mol. The number of nitrogens with zero attached hydrogens (tertiary/aromatic N) is 2. The fourth-order valence-electron chi connectivity index (χ4n) is 1.23. The van der Waals surface area contributed by atoms with Crippen LogP contribution in [0.15, 0.2) is 28.7 Å². The van der Waals surface area contributed by atoms with Crippen molar-refractivity contribution in [2.45, 2.75) is 0 Å². The fraction of sp³-hybridized carbons (Fsp3) is 0. The minimum atomic E-state index is -1.07. The summed E-state index contributed by atoms with van der Waals surface area (Å²) in [5.74, 6) is -0.868. The third-order valence-electron chi connectivity index (χ3n) is 1.90. The van der Waals surface area contributed by atoms with Crippen molar-refractivity contribution in [3.05, 3.63) is 35.7 Å².